The standard InChI is InChI=1S/C5H5NO3/c1-4-2-3-5(9-4)6(7)8/h2-3H,1H3. The molecule has 0 saturated heterocycles. The molecule has 1 aromatic heterocycles. The zero-order valence-corrected chi connectivity index (χ0v) is 4.83. The van der Waals surface area contributed by atoms with Crippen molar-refractivity contribution in [2.75, 3.05) is 0 Å². The van der Waals surface area contributed by atoms with Gasteiger partial charge in [0.2, 0.25) is 0 Å². The molecule has 0 aliphatic heterocycles. The summed E-state index contributed by atoms with van der Waals surface area (Å²) in [7, 11) is 0. The summed E-state index contributed by atoms with van der Waals surface area (Å²) in [6.07, 6.45) is 0. The molecule has 0 atom stereocenters. The lowest BCUT2D eigenvalue weighted by Gasteiger charge is -1.79. The fourth-order valence-electron chi connectivity index (χ4n) is 0.520. The molecule has 0 amide bonds. The second-order valence-corrected chi connectivity index (χ2v) is 1.64. The van der Waals surface area contributed by atoms with Gasteiger partial charge < -0.3 is 4.42 Å². The molecule has 0 aliphatic carbocycles. The van der Waals surface area contributed by atoms with Crippen molar-refractivity contribution in [3.05, 3.63) is 28.0 Å². The Morgan fingerprint density at radius 1 is 1.67 bits per heavy atom. The monoisotopic (exact) mass is 127 g/mol. The SMILES string of the molecule is Cc1ccc([N+](=O)[O-])o1. The van der Waals surface area contributed by atoms with Crippen molar-refractivity contribution in [1.82, 2.24) is 0 Å². The van der Waals surface area contributed by atoms with Crippen molar-refractivity contribution in [2.45, 2.75) is 6.92 Å². The Hall–Kier alpha value is -1.32. The van der Waals surface area contributed by atoms with E-state index in [1.807, 2.05) is 0 Å². The lowest BCUT2D eigenvalue weighted by molar-refractivity contribution is -0.402. The predicted octanol–water partition coefficient (Wildman–Crippen LogP) is 1.50. The number of furan rings is 1. The van der Waals surface area contributed by atoms with Crippen LogP contribution < -0.4 is 0 Å². The van der Waals surface area contributed by atoms with Gasteiger partial charge in [0.1, 0.15) is 10.7 Å². The second kappa shape index (κ2) is 1.89. The molecular formula is C5H5NO3. The first-order chi connectivity index (χ1) is 4.20. The highest BCUT2D eigenvalue weighted by Gasteiger charge is 2.07. The zero-order chi connectivity index (χ0) is 6.85. The van der Waals surface area contributed by atoms with Gasteiger partial charge in [-0.2, -0.15) is 0 Å². The molecule has 4 heteroatoms. The number of aryl methyl sites for hydroxylation is 1. The van der Waals surface area contributed by atoms with Crippen molar-refractivity contribution < 1.29 is 9.34 Å². The highest BCUT2D eigenvalue weighted by molar-refractivity contribution is 5.16. The van der Waals surface area contributed by atoms with Crippen LogP contribution in [0.2, 0.25) is 0 Å². The third-order valence-electron chi connectivity index (χ3n) is 0.906. The minimum absolute atomic E-state index is 0.201. The highest BCUT2D eigenvalue weighted by atomic mass is 16.6. The molecule has 1 rings (SSSR count). The molecule has 1 heterocycles. The topological polar surface area (TPSA) is 56.3 Å². The molecule has 0 fully saturated rings. The van der Waals surface area contributed by atoms with Crippen LogP contribution in [-0.4, -0.2) is 4.92 Å². The maximum atomic E-state index is 9.93. The molecule has 0 aliphatic rings. The van der Waals surface area contributed by atoms with Gasteiger partial charge in [0.05, 0.1) is 6.07 Å². The molecular weight excluding hydrogens is 122 g/mol. The van der Waals surface area contributed by atoms with Gasteiger partial charge in [-0.1, -0.05) is 0 Å². The van der Waals surface area contributed by atoms with E-state index in [1.165, 1.54) is 6.07 Å². The summed E-state index contributed by atoms with van der Waals surface area (Å²) in [5.41, 5.74) is 0. The van der Waals surface area contributed by atoms with E-state index in [4.69, 9.17) is 0 Å². The zero-order valence-electron chi connectivity index (χ0n) is 4.83. The Labute approximate surface area is 51.2 Å². The normalized spacial score (nSPS) is 9.44. The van der Waals surface area contributed by atoms with Crippen LogP contribution in [0.3, 0.4) is 0 Å². The largest absolute Gasteiger partial charge is 0.433 e. The Morgan fingerprint density at radius 3 is 2.56 bits per heavy atom. The summed E-state index contributed by atoms with van der Waals surface area (Å²) in [5.74, 6) is 0.356. The van der Waals surface area contributed by atoms with Gasteiger partial charge in [-0.3, -0.25) is 10.1 Å². The lowest BCUT2D eigenvalue weighted by atomic mass is 10.5. The highest BCUT2D eigenvalue weighted by Crippen LogP contribution is 2.13. The van der Waals surface area contributed by atoms with E-state index in [0.29, 0.717) is 5.76 Å². The summed E-state index contributed by atoms with van der Waals surface area (Å²) in [6, 6.07) is 2.88. The van der Waals surface area contributed by atoms with Gasteiger partial charge in [-0.15, -0.1) is 0 Å². The van der Waals surface area contributed by atoms with Crippen LogP contribution in [0.5, 0.6) is 0 Å². The lowest BCUT2D eigenvalue weighted by Crippen LogP contribution is -1.82. The smallest absolute Gasteiger partial charge is 0.406 e. The van der Waals surface area contributed by atoms with Crippen molar-refractivity contribution in [2.24, 2.45) is 0 Å². The molecule has 1 aromatic rings. The Kier molecular flexibility index (Phi) is 1.22. The molecule has 0 N–H and O–H groups in total. The van der Waals surface area contributed by atoms with Gasteiger partial charge in [0, 0.05) is 0 Å². The number of rotatable bonds is 1. The Bertz CT molecular complexity index is 228. The van der Waals surface area contributed by atoms with Crippen LogP contribution in [0.15, 0.2) is 16.5 Å². The fraction of sp³-hybridized carbons (Fsp3) is 0.200. The predicted molar refractivity (Wildman–Crippen MR) is 30.1 cm³/mol. The number of hydrogen-bond acceptors (Lipinski definition) is 3. The maximum absolute atomic E-state index is 9.93. The van der Waals surface area contributed by atoms with Crippen LogP contribution >= 0.6 is 0 Å². The number of nitrogens with zero attached hydrogens (tertiary/aromatic N) is 1. The van der Waals surface area contributed by atoms with E-state index >= 15 is 0 Å². The first kappa shape index (κ1) is 5.81. The summed E-state index contributed by atoms with van der Waals surface area (Å²) < 4.78 is 4.65. The third-order valence-corrected chi connectivity index (χ3v) is 0.906. The Morgan fingerprint density at radius 2 is 2.33 bits per heavy atom. The van der Waals surface area contributed by atoms with E-state index in [1.54, 1.807) is 13.0 Å². The fourth-order valence-corrected chi connectivity index (χ4v) is 0.520. The maximum Gasteiger partial charge on any atom is 0.433 e. The van der Waals surface area contributed by atoms with E-state index < -0.39 is 4.92 Å². The van der Waals surface area contributed by atoms with Crippen LogP contribution in [0, 0.1) is 17.0 Å². The summed E-state index contributed by atoms with van der Waals surface area (Å²) >= 11 is 0. The summed E-state index contributed by atoms with van der Waals surface area (Å²) in [5, 5.41) is 9.93. The molecule has 0 spiro atoms. The molecule has 0 aromatic carbocycles. The average Bonchev–Trinajstić information content (AvgIpc) is 2.14. The van der Waals surface area contributed by atoms with Crippen LogP contribution in [-0.2, 0) is 0 Å². The summed E-state index contributed by atoms with van der Waals surface area (Å²) in [6.45, 7) is 1.66. The molecule has 0 unspecified atom stereocenters. The third kappa shape index (κ3) is 1.07. The van der Waals surface area contributed by atoms with Crippen molar-refractivity contribution in [3.8, 4) is 0 Å². The van der Waals surface area contributed by atoms with Crippen molar-refractivity contribution in [1.29, 1.82) is 0 Å². The van der Waals surface area contributed by atoms with Gasteiger partial charge in [0.15, 0.2) is 0 Å². The second-order valence-electron chi connectivity index (χ2n) is 1.64. The minimum Gasteiger partial charge on any atom is -0.406 e. The van der Waals surface area contributed by atoms with Crippen LogP contribution in [0.4, 0.5) is 5.88 Å². The molecule has 0 bridgehead atoms. The minimum atomic E-state index is -0.562. The first-order valence-corrected chi connectivity index (χ1v) is 2.41. The van der Waals surface area contributed by atoms with E-state index in [2.05, 4.69) is 4.42 Å². The number of hydrogen-bond donors (Lipinski definition) is 0. The molecule has 4 nitrogen and oxygen atoms in total. The van der Waals surface area contributed by atoms with Gasteiger partial charge in [-0.05, 0) is 13.0 Å². The van der Waals surface area contributed by atoms with E-state index in [-0.39, 0.29) is 5.88 Å². The summed E-state index contributed by atoms with van der Waals surface area (Å²) in [4.78, 5) is 9.36. The van der Waals surface area contributed by atoms with Gasteiger partial charge in [0.25, 0.3) is 0 Å². The number of nitro groups is 1. The molecule has 0 saturated carbocycles. The molecule has 9 heavy (non-hydrogen) atoms. The molecule has 48 valence electrons. The van der Waals surface area contributed by atoms with E-state index in [9.17, 15) is 10.1 Å². The Balaban J connectivity index is 2.98. The van der Waals surface area contributed by atoms with Crippen LogP contribution in [0.25, 0.3) is 0 Å². The van der Waals surface area contributed by atoms with Crippen molar-refractivity contribution in [3.63, 3.8) is 0 Å². The quantitative estimate of drug-likeness (QED) is 0.424. The average molecular weight is 127 g/mol. The molecule has 0 radical (unpaired) electrons. The van der Waals surface area contributed by atoms with Crippen LogP contribution in [0.1, 0.15) is 5.76 Å². The first-order valence-electron chi connectivity index (χ1n) is 2.41. The van der Waals surface area contributed by atoms with Crippen molar-refractivity contribution >= 4 is 5.88 Å². The van der Waals surface area contributed by atoms with Gasteiger partial charge >= 0.3 is 5.88 Å². The van der Waals surface area contributed by atoms with E-state index in [0.717, 1.165) is 0 Å². The van der Waals surface area contributed by atoms with Gasteiger partial charge in [-0.25, -0.2) is 0 Å².